The monoisotopic (exact) mass is 270 g/mol. The fourth-order valence-electron chi connectivity index (χ4n) is 1.36. The third kappa shape index (κ3) is 4.64. The lowest BCUT2D eigenvalue weighted by Crippen LogP contribution is -2.23. The number of hydrogen-bond acceptors (Lipinski definition) is 5. The van der Waals surface area contributed by atoms with Gasteiger partial charge in [-0.1, -0.05) is 24.7 Å². The summed E-state index contributed by atoms with van der Waals surface area (Å²) >= 11 is 1.36. The lowest BCUT2D eigenvalue weighted by molar-refractivity contribution is 0.00742. The first-order chi connectivity index (χ1) is 8.33. The second kappa shape index (κ2) is 6.18. The van der Waals surface area contributed by atoms with Crippen LogP contribution in [0.5, 0.6) is 0 Å². The summed E-state index contributed by atoms with van der Waals surface area (Å²) in [5.74, 6) is -0.291. The van der Waals surface area contributed by atoms with Crippen LogP contribution < -0.4 is 5.32 Å². The van der Waals surface area contributed by atoms with Crippen LogP contribution in [0.3, 0.4) is 0 Å². The Kier molecular flexibility index (Phi) is 5.14. The molecule has 0 unspecified atom stereocenters. The van der Waals surface area contributed by atoms with Crippen molar-refractivity contribution in [1.82, 2.24) is 4.98 Å². The molecule has 0 fully saturated rings. The van der Waals surface area contributed by atoms with Crippen LogP contribution in [0.25, 0.3) is 0 Å². The number of anilines is 1. The molecule has 0 bridgehead atoms. The van der Waals surface area contributed by atoms with Crippen LogP contribution in [0.1, 0.15) is 55.9 Å². The van der Waals surface area contributed by atoms with Gasteiger partial charge in [-0.3, -0.25) is 0 Å². The first-order valence-electron chi connectivity index (χ1n) is 6.28. The normalized spacial score (nSPS) is 11.4. The van der Waals surface area contributed by atoms with Crippen LogP contribution in [0.15, 0.2) is 0 Å². The van der Waals surface area contributed by atoms with Crippen molar-refractivity contribution in [3.63, 3.8) is 0 Å². The number of unbranched alkanes of at least 4 members (excludes halogenated alkanes) is 1. The fraction of sp³-hybridized carbons (Fsp3) is 0.692. The minimum atomic E-state index is -0.469. The fourth-order valence-corrected chi connectivity index (χ4v) is 2.23. The number of nitrogens with one attached hydrogen (secondary N) is 1. The van der Waals surface area contributed by atoms with E-state index in [1.807, 2.05) is 27.7 Å². The maximum absolute atomic E-state index is 11.9. The van der Waals surface area contributed by atoms with E-state index in [1.54, 1.807) is 0 Å². The van der Waals surface area contributed by atoms with E-state index in [1.165, 1.54) is 11.3 Å². The molecule has 0 saturated carbocycles. The molecule has 1 N–H and O–H groups in total. The number of thiazole rings is 1. The molecule has 1 rings (SSSR count). The summed E-state index contributed by atoms with van der Waals surface area (Å²) in [7, 11) is 0. The Morgan fingerprint density at radius 2 is 2.11 bits per heavy atom. The molecule has 18 heavy (non-hydrogen) atoms. The van der Waals surface area contributed by atoms with Gasteiger partial charge in [0.25, 0.3) is 0 Å². The number of carbonyl (C=O) groups excluding carboxylic acids is 1. The molecule has 0 aliphatic heterocycles. The van der Waals surface area contributed by atoms with Crippen LogP contribution in [0.4, 0.5) is 5.13 Å². The zero-order valence-corrected chi connectivity index (χ0v) is 12.6. The van der Waals surface area contributed by atoms with Crippen molar-refractivity contribution in [2.24, 2.45) is 0 Å². The summed E-state index contributed by atoms with van der Waals surface area (Å²) in [5.41, 5.74) is 0.261. The molecule has 0 atom stereocenters. The van der Waals surface area contributed by atoms with Crippen molar-refractivity contribution in [3.05, 3.63) is 10.6 Å². The van der Waals surface area contributed by atoms with Gasteiger partial charge in [0.05, 0.1) is 5.69 Å². The van der Waals surface area contributed by atoms with Crippen LogP contribution in [0, 0.1) is 6.92 Å². The number of hydrogen-bond donors (Lipinski definition) is 1. The van der Waals surface area contributed by atoms with Gasteiger partial charge in [-0.25, -0.2) is 9.78 Å². The van der Waals surface area contributed by atoms with Crippen molar-refractivity contribution >= 4 is 22.4 Å². The number of nitrogens with zero attached hydrogens (tertiary/aromatic N) is 1. The van der Waals surface area contributed by atoms with Gasteiger partial charge in [0, 0.05) is 6.54 Å². The van der Waals surface area contributed by atoms with Gasteiger partial charge in [-0.2, -0.15) is 0 Å². The summed E-state index contributed by atoms with van der Waals surface area (Å²) in [6, 6.07) is 0. The maximum Gasteiger partial charge on any atom is 0.350 e. The molecule has 5 heteroatoms. The number of ether oxygens (including phenoxy) is 1. The van der Waals surface area contributed by atoms with Gasteiger partial charge in [0.2, 0.25) is 0 Å². The van der Waals surface area contributed by atoms with Gasteiger partial charge in [-0.15, -0.1) is 0 Å². The van der Waals surface area contributed by atoms with Gasteiger partial charge in [0.1, 0.15) is 10.5 Å². The minimum absolute atomic E-state index is 0.291. The molecule has 0 saturated heterocycles. The Balaban J connectivity index is 2.69. The quantitative estimate of drug-likeness (QED) is 0.656. The molecule has 0 aliphatic rings. The summed E-state index contributed by atoms with van der Waals surface area (Å²) in [6.07, 6.45) is 2.23. The summed E-state index contributed by atoms with van der Waals surface area (Å²) in [6.45, 7) is 10.4. The van der Waals surface area contributed by atoms with E-state index in [0.29, 0.717) is 4.88 Å². The van der Waals surface area contributed by atoms with Gasteiger partial charge in [-0.05, 0) is 34.1 Å². The molecule has 4 nitrogen and oxygen atoms in total. The summed E-state index contributed by atoms with van der Waals surface area (Å²) < 4.78 is 5.35. The molecule has 0 amide bonds. The zero-order chi connectivity index (χ0) is 13.8. The third-order valence-electron chi connectivity index (χ3n) is 2.19. The highest BCUT2D eigenvalue weighted by atomic mass is 32.1. The zero-order valence-electron chi connectivity index (χ0n) is 11.8. The van der Waals surface area contributed by atoms with Crippen molar-refractivity contribution < 1.29 is 9.53 Å². The van der Waals surface area contributed by atoms with Crippen molar-refractivity contribution in [3.8, 4) is 0 Å². The highest BCUT2D eigenvalue weighted by molar-refractivity contribution is 7.17. The van der Waals surface area contributed by atoms with E-state index < -0.39 is 5.60 Å². The average Bonchev–Trinajstić information content (AvgIpc) is 2.58. The van der Waals surface area contributed by atoms with Crippen LogP contribution >= 0.6 is 11.3 Å². The number of rotatable bonds is 5. The third-order valence-corrected chi connectivity index (χ3v) is 3.28. The maximum atomic E-state index is 11.9. The average molecular weight is 270 g/mol. The second-order valence-electron chi connectivity index (χ2n) is 5.22. The van der Waals surface area contributed by atoms with E-state index in [-0.39, 0.29) is 5.97 Å². The Labute approximate surface area is 113 Å². The number of aromatic nitrogens is 1. The molecule has 0 aliphatic carbocycles. The minimum Gasteiger partial charge on any atom is -0.456 e. The van der Waals surface area contributed by atoms with Gasteiger partial charge < -0.3 is 10.1 Å². The SMILES string of the molecule is CCCCNc1nc(C)c(C(=O)OC(C)(C)C)s1. The predicted molar refractivity (Wildman–Crippen MR) is 75.4 cm³/mol. The molecule has 0 spiro atoms. The second-order valence-corrected chi connectivity index (χ2v) is 6.21. The highest BCUT2D eigenvalue weighted by Crippen LogP contribution is 2.25. The van der Waals surface area contributed by atoms with E-state index in [4.69, 9.17) is 4.74 Å². The first-order valence-corrected chi connectivity index (χ1v) is 7.09. The lowest BCUT2D eigenvalue weighted by Gasteiger charge is -2.18. The largest absolute Gasteiger partial charge is 0.456 e. The van der Waals surface area contributed by atoms with Crippen molar-refractivity contribution in [2.75, 3.05) is 11.9 Å². The van der Waals surface area contributed by atoms with E-state index in [0.717, 1.165) is 30.2 Å². The molecule has 102 valence electrons. The highest BCUT2D eigenvalue weighted by Gasteiger charge is 2.22. The molecule has 0 radical (unpaired) electrons. The van der Waals surface area contributed by atoms with E-state index in [2.05, 4.69) is 17.2 Å². The van der Waals surface area contributed by atoms with Crippen molar-refractivity contribution in [1.29, 1.82) is 0 Å². The topological polar surface area (TPSA) is 51.2 Å². The Morgan fingerprint density at radius 3 is 2.67 bits per heavy atom. The Bertz CT molecular complexity index is 408. The summed E-state index contributed by atoms with van der Waals surface area (Å²) in [5, 5.41) is 4.02. The number of carbonyl (C=O) groups is 1. The molecule has 1 aromatic heterocycles. The summed E-state index contributed by atoms with van der Waals surface area (Å²) in [4.78, 5) is 16.9. The molecule has 1 aromatic rings. The van der Waals surface area contributed by atoms with Crippen LogP contribution in [-0.4, -0.2) is 23.1 Å². The number of esters is 1. The van der Waals surface area contributed by atoms with Crippen LogP contribution in [0.2, 0.25) is 0 Å². The number of aryl methyl sites for hydroxylation is 1. The smallest absolute Gasteiger partial charge is 0.350 e. The molecule has 0 aromatic carbocycles. The van der Waals surface area contributed by atoms with Crippen molar-refractivity contribution in [2.45, 2.75) is 53.1 Å². The molecule has 1 heterocycles. The first kappa shape index (κ1) is 15.0. The molecular formula is C13H22N2O2S. The van der Waals surface area contributed by atoms with E-state index >= 15 is 0 Å². The van der Waals surface area contributed by atoms with Gasteiger partial charge >= 0.3 is 5.97 Å². The standard InChI is InChI=1S/C13H22N2O2S/c1-6-7-8-14-12-15-9(2)10(18-12)11(16)17-13(3,4)5/h6-8H2,1-5H3,(H,14,15). The lowest BCUT2D eigenvalue weighted by atomic mass is 10.2. The van der Waals surface area contributed by atoms with Gasteiger partial charge in [0.15, 0.2) is 5.13 Å². The Morgan fingerprint density at radius 1 is 1.44 bits per heavy atom. The Hall–Kier alpha value is -1.10. The van der Waals surface area contributed by atoms with Crippen LogP contribution in [-0.2, 0) is 4.74 Å². The van der Waals surface area contributed by atoms with E-state index in [9.17, 15) is 4.79 Å². The molecular weight excluding hydrogens is 248 g/mol. The predicted octanol–water partition coefficient (Wildman–Crippen LogP) is 3.62.